The van der Waals surface area contributed by atoms with Crippen LogP contribution in [0.2, 0.25) is 0 Å². The van der Waals surface area contributed by atoms with Crippen LogP contribution >= 0.6 is 0 Å². The lowest BCUT2D eigenvalue weighted by Crippen LogP contribution is -1.96. The Bertz CT molecular complexity index is 287. The van der Waals surface area contributed by atoms with E-state index in [2.05, 4.69) is 19.2 Å². The van der Waals surface area contributed by atoms with Gasteiger partial charge in [0.2, 0.25) is 0 Å². The summed E-state index contributed by atoms with van der Waals surface area (Å²) >= 11 is 0. The van der Waals surface area contributed by atoms with Crippen molar-refractivity contribution in [2.24, 2.45) is 0 Å². The summed E-state index contributed by atoms with van der Waals surface area (Å²) in [4.78, 5) is 0. The minimum atomic E-state index is 0.638. The molecule has 0 aromatic heterocycles. The van der Waals surface area contributed by atoms with Crippen molar-refractivity contribution >= 4 is 6.08 Å². The fourth-order valence-corrected chi connectivity index (χ4v) is 1.16. The maximum atomic E-state index is 5.48. The zero-order chi connectivity index (χ0) is 9.68. The zero-order valence-electron chi connectivity index (χ0n) is 7.84. The van der Waals surface area contributed by atoms with E-state index in [9.17, 15) is 0 Å². The molecule has 1 nitrogen and oxygen atoms in total. The summed E-state index contributed by atoms with van der Waals surface area (Å²) in [6.07, 6.45) is 4.60. The van der Waals surface area contributed by atoms with Crippen LogP contribution in [-0.4, -0.2) is 6.61 Å². The predicted octanol–water partition coefficient (Wildman–Crippen LogP) is 3.07. The SMILES string of the molecule is C=[C]c1cccc(C=C)c1OCC. The third-order valence-corrected chi connectivity index (χ3v) is 1.74. The van der Waals surface area contributed by atoms with E-state index in [0.717, 1.165) is 16.9 Å². The number of hydrogen-bond donors (Lipinski definition) is 0. The summed E-state index contributed by atoms with van der Waals surface area (Å²) in [5.74, 6) is 0.815. The molecule has 0 aliphatic heterocycles. The number of ether oxygens (including phenoxy) is 1. The second kappa shape index (κ2) is 4.51. The quantitative estimate of drug-likeness (QED) is 0.680. The second-order valence-electron chi connectivity index (χ2n) is 2.54. The average molecular weight is 173 g/mol. The molecular formula is C12H13O. The number of hydrogen-bond acceptors (Lipinski definition) is 1. The summed E-state index contributed by atoms with van der Waals surface area (Å²) < 4.78 is 5.48. The molecule has 13 heavy (non-hydrogen) atoms. The highest BCUT2D eigenvalue weighted by molar-refractivity contribution is 5.59. The fourth-order valence-electron chi connectivity index (χ4n) is 1.16. The van der Waals surface area contributed by atoms with E-state index in [-0.39, 0.29) is 0 Å². The summed E-state index contributed by atoms with van der Waals surface area (Å²) in [5, 5.41) is 0. The third kappa shape index (κ3) is 2.00. The van der Waals surface area contributed by atoms with Crippen LogP contribution < -0.4 is 4.74 Å². The molecule has 0 atom stereocenters. The van der Waals surface area contributed by atoms with Gasteiger partial charge in [-0.1, -0.05) is 37.4 Å². The molecule has 1 rings (SSSR count). The molecule has 0 saturated carbocycles. The van der Waals surface area contributed by atoms with Crippen molar-refractivity contribution in [3.8, 4) is 5.75 Å². The molecule has 0 heterocycles. The molecule has 1 aromatic carbocycles. The van der Waals surface area contributed by atoms with E-state index in [4.69, 9.17) is 4.74 Å². The third-order valence-electron chi connectivity index (χ3n) is 1.74. The Labute approximate surface area is 79.4 Å². The Morgan fingerprint density at radius 1 is 1.54 bits per heavy atom. The van der Waals surface area contributed by atoms with Crippen molar-refractivity contribution in [2.75, 3.05) is 6.61 Å². The molecule has 0 aliphatic carbocycles. The maximum absolute atomic E-state index is 5.48. The van der Waals surface area contributed by atoms with Gasteiger partial charge in [0.05, 0.1) is 6.61 Å². The van der Waals surface area contributed by atoms with Gasteiger partial charge < -0.3 is 4.74 Å². The van der Waals surface area contributed by atoms with Crippen molar-refractivity contribution in [2.45, 2.75) is 6.92 Å². The first-order valence-corrected chi connectivity index (χ1v) is 4.24. The van der Waals surface area contributed by atoms with Crippen molar-refractivity contribution < 1.29 is 4.74 Å². The van der Waals surface area contributed by atoms with Gasteiger partial charge in [-0.15, -0.1) is 0 Å². The average Bonchev–Trinajstić information content (AvgIpc) is 2.18. The van der Waals surface area contributed by atoms with Crippen LogP contribution in [0.15, 0.2) is 31.4 Å². The Balaban J connectivity index is 3.20. The molecule has 0 unspecified atom stereocenters. The van der Waals surface area contributed by atoms with Gasteiger partial charge in [0, 0.05) is 11.1 Å². The van der Waals surface area contributed by atoms with Crippen LogP contribution in [0.3, 0.4) is 0 Å². The van der Waals surface area contributed by atoms with Gasteiger partial charge in [0.25, 0.3) is 0 Å². The van der Waals surface area contributed by atoms with Gasteiger partial charge >= 0.3 is 0 Å². The Hall–Kier alpha value is -1.50. The molecular weight excluding hydrogens is 160 g/mol. The molecule has 1 radical (unpaired) electrons. The largest absolute Gasteiger partial charge is 0.493 e. The van der Waals surface area contributed by atoms with E-state index < -0.39 is 0 Å². The van der Waals surface area contributed by atoms with Gasteiger partial charge in [-0.25, -0.2) is 0 Å². The second-order valence-corrected chi connectivity index (χ2v) is 2.54. The lowest BCUT2D eigenvalue weighted by atomic mass is 10.1. The van der Waals surface area contributed by atoms with Gasteiger partial charge in [0.15, 0.2) is 0 Å². The highest BCUT2D eigenvalue weighted by Crippen LogP contribution is 2.24. The first-order valence-electron chi connectivity index (χ1n) is 4.24. The molecule has 1 heteroatoms. The number of para-hydroxylation sites is 1. The Morgan fingerprint density at radius 3 is 2.85 bits per heavy atom. The minimum Gasteiger partial charge on any atom is -0.493 e. The van der Waals surface area contributed by atoms with Gasteiger partial charge in [-0.05, 0) is 13.0 Å². The summed E-state index contributed by atoms with van der Waals surface area (Å²) in [6, 6.07) is 5.82. The van der Waals surface area contributed by atoms with Crippen molar-refractivity contribution in [1.82, 2.24) is 0 Å². The predicted molar refractivity (Wildman–Crippen MR) is 55.7 cm³/mol. The van der Waals surface area contributed by atoms with E-state index >= 15 is 0 Å². The van der Waals surface area contributed by atoms with Gasteiger partial charge in [-0.3, -0.25) is 0 Å². The Morgan fingerprint density at radius 2 is 2.31 bits per heavy atom. The van der Waals surface area contributed by atoms with Crippen LogP contribution in [0.1, 0.15) is 18.1 Å². The number of rotatable bonds is 4. The van der Waals surface area contributed by atoms with Crippen LogP contribution in [0.4, 0.5) is 0 Å². The van der Waals surface area contributed by atoms with E-state index in [1.165, 1.54) is 0 Å². The highest BCUT2D eigenvalue weighted by Gasteiger charge is 2.03. The van der Waals surface area contributed by atoms with E-state index in [1.54, 1.807) is 6.08 Å². The molecule has 0 bridgehead atoms. The monoisotopic (exact) mass is 173 g/mol. The van der Waals surface area contributed by atoms with Crippen LogP contribution in [0.25, 0.3) is 6.08 Å². The standard InChI is InChI=1S/C12H13O/c1-4-10-8-7-9-11(5-2)12(10)13-6-3/h4,7-9H,1-2,6H2,3H3. The molecule has 0 aliphatic rings. The first kappa shape index (κ1) is 9.59. The van der Waals surface area contributed by atoms with Gasteiger partial charge in [0.1, 0.15) is 5.75 Å². The smallest absolute Gasteiger partial charge is 0.134 e. The van der Waals surface area contributed by atoms with E-state index in [1.807, 2.05) is 25.1 Å². The molecule has 1 aromatic rings. The van der Waals surface area contributed by atoms with Crippen molar-refractivity contribution in [3.05, 3.63) is 48.6 Å². The van der Waals surface area contributed by atoms with Crippen molar-refractivity contribution in [1.29, 1.82) is 0 Å². The zero-order valence-corrected chi connectivity index (χ0v) is 7.84. The normalized spacial score (nSPS) is 9.31. The van der Waals surface area contributed by atoms with E-state index in [0.29, 0.717) is 6.61 Å². The number of benzene rings is 1. The minimum absolute atomic E-state index is 0.638. The highest BCUT2D eigenvalue weighted by atomic mass is 16.5. The van der Waals surface area contributed by atoms with Crippen LogP contribution in [0.5, 0.6) is 5.75 Å². The molecule has 0 N–H and O–H groups in total. The fraction of sp³-hybridized carbons (Fsp3) is 0.167. The summed E-state index contributed by atoms with van der Waals surface area (Å²) in [6.45, 7) is 9.92. The first-order chi connectivity index (χ1) is 6.33. The van der Waals surface area contributed by atoms with Crippen molar-refractivity contribution in [3.63, 3.8) is 0 Å². The van der Waals surface area contributed by atoms with Crippen LogP contribution in [0, 0.1) is 6.08 Å². The lowest BCUT2D eigenvalue weighted by molar-refractivity contribution is 0.338. The summed E-state index contributed by atoms with van der Waals surface area (Å²) in [7, 11) is 0. The summed E-state index contributed by atoms with van der Waals surface area (Å²) in [5.41, 5.74) is 1.87. The maximum Gasteiger partial charge on any atom is 0.134 e. The Kier molecular flexibility index (Phi) is 3.32. The van der Waals surface area contributed by atoms with Gasteiger partial charge in [-0.2, -0.15) is 0 Å². The molecule has 67 valence electrons. The molecule has 0 spiro atoms. The lowest BCUT2D eigenvalue weighted by Gasteiger charge is -2.09. The van der Waals surface area contributed by atoms with Crippen LogP contribution in [-0.2, 0) is 0 Å². The molecule has 0 saturated heterocycles. The molecule has 0 fully saturated rings. The molecule has 0 amide bonds. The topological polar surface area (TPSA) is 9.23 Å².